The molecular formula is C19H20N2O. The number of nitrogens with one attached hydrogen (secondary N) is 2. The van der Waals surface area contributed by atoms with Gasteiger partial charge in [0, 0.05) is 24.6 Å². The minimum atomic E-state index is -0.0809. The van der Waals surface area contributed by atoms with E-state index in [9.17, 15) is 4.79 Å². The lowest BCUT2D eigenvalue weighted by Crippen LogP contribution is -2.10. The molecule has 112 valence electrons. The average molecular weight is 292 g/mol. The van der Waals surface area contributed by atoms with Crippen molar-refractivity contribution in [2.45, 2.75) is 20.3 Å². The molecule has 22 heavy (non-hydrogen) atoms. The van der Waals surface area contributed by atoms with Crippen LogP contribution in [0.2, 0.25) is 0 Å². The van der Waals surface area contributed by atoms with Gasteiger partial charge in [-0.1, -0.05) is 37.0 Å². The van der Waals surface area contributed by atoms with Crippen molar-refractivity contribution in [3.63, 3.8) is 0 Å². The number of hydrogen-bond donors (Lipinski definition) is 2. The van der Waals surface area contributed by atoms with Gasteiger partial charge in [0.2, 0.25) is 5.91 Å². The zero-order valence-corrected chi connectivity index (χ0v) is 12.9. The lowest BCUT2D eigenvalue weighted by atomic mass is 10.1. The van der Waals surface area contributed by atoms with Crippen molar-refractivity contribution in [3.8, 4) is 11.8 Å². The van der Waals surface area contributed by atoms with Crippen molar-refractivity contribution in [1.82, 2.24) is 0 Å². The van der Waals surface area contributed by atoms with Gasteiger partial charge >= 0.3 is 0 Å². The number of amides is 1. The van der Waals surface area contributed by atoms with E-state index in [-0.39, 0.29) is 5.91 Å². The first-order chi connectivity index (χ1) is 10.7. The predicted molar refractivity (Wildman–Crippen MR) is 91.9 cm³/mol. The first kappa shape index (κ1) is 15.7. The van der Waals surface area contributed by atoms with E-state index in [2.05, 4.69) is 29.4 Å². The summed E-state index contributed by atoms with van der Waals surface area (Å²) in [6.07, 6.45) is 1.01. The van der Waals surface area contributed by atoms with Gasteiger partial charge in [-0.25, -0.2) is 0 Å². The lowest BCUT2D eigenvalue weighted by molar-refractivity contribution is -0.114. The van der Waals surface area contributed by atoms with Crippen LogP contribution in [0.1, 0.15) is 31.4 Å². The number of carbonyl (C=O) groups excluding carboxylic acids is 1. The lowest BCUT2D eigenvalue weighted by Gasteiger charge is -2.12. The first-order valence-electron chi connectivity index (χ1n) is 7.41. The van der Waals surface area contributed by atoms with E-state index in [1.165, 1.54) is 6.92 Å². The SMILES string of the molecule is CCCNc1cc(C#Cc2ccccc2)ccc1NC(C)=O. The summed E-state index contributed by atoms with van der Waals surface area (Å²) in [5, 5.41) is 6.16. The highest BCUT2D eigenvalue weighted by Crippen LogP contribution is 2.23. The van der Waals surface area contributed by atoms with Crippen molar-refractivity contribution in [2.75, 3.05) is 17.2 Å². The summed E-state index contributed by atoms with van der Waals surface area (Å²) in [5.41, 5.74) is 3.58. The van der Waals surface area contributed by atoms with Gasteiger partial charge in [-0.15, -0.1) is 0 Å². The Morgan fingerprint density at radius 3 is 2.41 bits per heavy atom. The molecule has 0 aliphatic carbocycles. The van der Waals surface area contributed by atoms with Gasteiger partial charge in [0.05, 0.1) is 11.4 Å². The quantitative estimate of drug-likeness (QED) is 0.840. The van der Waals surface area contributed by atoms with Crippen molar-refractivity contribution in [3.05, 3.63) is 59.7 Å². The third kappa shape index (κ3) is 4.68. The van der Waals surface area contributed by atoms with Gasteiger partial charge in [0.25, 0.3) is 0 Å². The summed E-state index contributed by atoms with van der Waals surface area (Å²) in [4.78, 5) is 11.3. The molecule has 0 aliphatic heterocycles. The number of rotatable bonds is 4. The molecule has 0 fully saturated rings. The fraction of sp³-hybridized carbons (Fsp3) is 0.211. The molecule has 2 aromatic rings. The fourth-order valence-electron chi connectivity index (χ4n) is 1.99. The highest BCUT2D eigenvalue weighted by Gasteiger charge is 2.04. The van der Waals surface area contributed by atoms with Crippen LogP contribution < -0.4 is 10.6 Å². The van der Waals surface area contributed by atoms with Crippen LogP contribution in [0.4, 0.5) is 11.4 Å². The predicted octanol–water partition coefficient (Wildman–Crippen LogP) is 3.87. The summed E-state index contributed by atoms with van der Waals surface area (Å²) in [6.45, 7) is 4.46. The smallest absolute Gasteiger partial charge is 0.221 e. The normalized spacial score (nSPS) is 9.55. The molecule has 0 bridgehead atoms. The number of carbonyl (C=O) groups is 1. The average Bonchev–Trinajstić information content (AvgIpc) is 2.53. The third-order valence-electron chi connectivity index (χ3n) is 3.02. The largest absolute Gasteiger partial charge is 0.383 e. The van der Waals surface area contributed by atoms with E-state index in [0.717, 1.165) is 35.5 Å². The molecule has 3 nitrogen and oxygen atoms in total. The summed E-state index contributed by atoms with van der Waals surface area (Å²) in [7, 11) is 0. The molecule has 2 rings (SSSR count). The van der Waals surface area contributed by atoms with Gasteiger partial charge in [-0.2, -0.15) is 0 Å². The zero-order chi connectivity index (χ0) is 15.8. The number of hydrogen-bond acceptors (Lipinski definition) is 2. The first-order valence-corrected chi connectivity index (χ1v) is 7.41. The standard InChI is InChI=1S/C19H20N2O/c1-3-13-20-19-14-17(11-12-18(19)21-15(2)22)10-9-16-7-5-4-6-8-16/h4-8,11-12,14,20H,3,13H2,1-2H3,(H,21,22). The second kappa shape index (κ2) is 7.90. The Balaban J connectivity index is 2.26. The molecule has 0 heterocycles. The Labute approximate surface area is 131 Å². The summed E-state index contributed by atoms with van der Waals surface area (Å²) in [6, 6.07) is 15.6. The van der Waals surface area contributed by atoms with Gasteiger partial charge in [0.15, 0.2) is 0 Å². The van der Waals surface area contributed by atoms with Crippen LogP contribution in [0.5, 0.6) is 0 Å². The number of benzene rings is 2. The Hall–Kier alpha value is -2.73. The van der Waals surface area contributed by atoms with Crippen LogP contribution in [0.15, 0.2) is 48.5 Å². The summed E-state index contributed by atoms with van der Waals surface area (Å²) < 4.78 is 0. The van der Waals surface area contributed by atoms with Gasteiger partial charge in [-0.05, 0) is 36.8 Å². The van der Waals surface area contributed by atoms with E-state index in [4.69, 9.17) is 0 Å². The molecule has 0 saturated heterocycles. The molecule has 0 aromatic heterocycles. The molecule has 0 spiro atoms. The molecule has 0 aliphatic rings. The molecule has 2 aromatic carbocycles. The number of anilines is 2. The minimum absolute atomic E-state index is 0.0809. The molecule has 1 amide bonds. The maximum absolute atomic E-state index is 11.3. The van der Waals surface area contributed by atoms with E-state index < -0.39 is 0 Å². The van der Waals surface area contributed by atoms with Crippen LogP contribution in [-0.4, -0.2) is 12.5 Å². The third-order valence-corrected chi connectivity index (χ3v) is 3.02. The maximum Gasteiger partial charge on any atom is 0.221 e. The van der Waals surface area contributed by atoms with Crippen molar-refractivity contribution in [1.29, 1.82) is 0 Å². The second-order valence-electron chi connectivity index (χ2n) is 4.98. The van der Waals surface area contributed by atoms with Crippen LogP contribution in [0.25, 0.3) is 0 Å². The zero-order valence-electron chi connectivity index (χ0n) is 12.9. The van der Waals surface area contributed by atoms with E-state index in [1.54, 1.807) is 0 Å². The van der Waals surface area contributed by atoms with E-state index >= 15 is 0 Å². The molecule has 3 heteroatoms. The molecule has 2 N–H and O–H groups in total. The Kier molecular flexibility index (Phi) is 5.62. The Morgan fingerprint density at radius 1 is 1.00 bits per heavy atom. The molecule has 0 atom stereocenters. The van der Waals surface area contributed by atoms with Crippen LogP contribution in [0.3, 0.4) is 0 Å². The van der Waals surface area contributed by atoms with Gasteiger partial charge < -0.3 is 10.6 Å². The van der Waals surface area contributed by atoms with E-state index in [0.29, 0.717) is 0 Å². The van der Waals surface area contributed by atoms with Gasteiger partial charge in [-0.3, -0.25) is 4.79 Å². The highest BCUT2D eigenvalue weighted by molar-refractivity contribution is 5.92. The summed E-state index contributed by atoms with van der Waals surface area (Å²) in [5.74, 6) is 6.21. The molecule has 0 radical (unpaired) electrons. The van der Waals surface area contributed by atoms with Crippen molar-refractivity contribution < 1.29 is 4.79 Å². The summed E-state index contributed by atoms with van der Waals surface area (Å²) >= 11 is 0. The van der Waals surface area contributed by atoms with Crippen LogP contribution in [0, 0.1) is 11.8 Å². The highest BCUT2D eigenvalue weighted by atomic mass is 16.1. The monoisotopic (exact) mass is 292 g/mol. The second-order valence-corrected chi connectivity index (χ2v) is 4.98. The van der Waals surface area contributed by atoms with Crippen LogP contribution >= 0.6 is 0 Å². The van der Waals surface area contributed by atoms with Gasteiger partial charge in [0.1, 0.15) is 0 Å². The van der Waals surface area contributed by atoms with Crippen molar-refractivity contribution in [2.24, 2.45) is 0 Å². The minimum Gasteiger partial charge on any atom is -0.383 e. The molecular weight excluding hydrogens is 272 g/mol. The van der Waals surface area contributed by atoms with Crippen molar-refractivity contribution >= 4 is 17.3 Å². The molecule has 0 saturated carbocycles. The molecule has 0 unspecified atom stereocenters. The Morgan fingerprint density at radius 2 is 1.73 bits per heavy atom. The van der Waals surface area contributed by atoms with E-state index in [1.807, 2.05) is 48.5 Å². The maximum atomic E-state index is 11.3. The topological polar surface area (TPSA) is 41.1 Å². The Bertz CT molecular complexity index is 696. The van der Waals surface area contributed by atoms with Crippen LogP contribution in [-0.2, 0) is 4.79 Å². The fourth-order valence-corrected chi connectivity index (χ4v) is 1.99.